The normalized spacial score (nSPS) is 18.8. The van der Waals surface area contributed by atoms with Crippen LogP contribution in [0.1, 0.15) is 65.2 Å². The number of rotatable bonds is 7. The lowest BCUT2D eigenvalue weighted by atomic mass is 10.1. The topological polar surface area (TPSA) is 96.2 Å². The molecule has 1 aliphatic carbocycles. The monoisotopic (exact) mass is 534 g/mol. The lowest BCUT2D eigenvalue weighted by molar-refractivity contribution is 0.0641. The summed E-state index contributed by atoms with van der Waals surface area (Å²) >= 11 is 6.47. The predicted molar refractivity (Wildman–Crippen MR) is 141 cm³/mol. The van der Waals surface area contributed by atoms with Crippen LogP contribution in [0.15, 0.2) is 18.3 Å². The SMILES string of the molecule is CC(C)n1c(C(C)(C)O)nc2c(F)cc(-c3nc(NC4CCN(S(=O)C5CC5)CC4)ncc3Cl)cc21. The van der Waals surface area contributed by atoms with Crippen molar-refractivity contribution in [1.29, 1.82) is 0 Å². The molecule has 2 fully saturated rings. The second kappa shape index (κ2) is 9.63. The highest BCUT2D eigenvalue weighted by Gasteiger charge is 2.34. The van der Waals surface area contributed by atoms with Gasteiger partial charge >= 0.3 is 0 Å². The summed E-state index contributed by atoms with van der Waals surface area (Å²) in [6.07, 6.45) is 5.33. The van der Waals surface area contributed by atoms with Crippen molar-refractivity contribution in [3.8, 4) is 11.3 Å². The van der Waals surface area contributed by atoms with Crippen molar-refractivity contribution in [1.82, 2.24) is 23.8 Å². The van der Waals surface area contributed by atoms with Crippen LogP contribution in [0.5, 0.6) is 0 Å². The zero-order valence-electron chi connectivity index (χ0n) is 21.0. The number of nitrogens with zero attached hydrogens (tertiary/aromatic N) is 5. The fourth-order valence-corrected chi connectivity index (χ4v) is 6.46. The molecule has 3 aromatic rings. The Labute approximate surface area is 217 Å². The Morgan fingerprint density at radius 3 is 2.50 bits per heavy atom. The van der Waals surface area contributed by atoms with Crippen LogP contribution < -0.4 is 5.32 Å². The molecule has 11 heteroatoms. The number of piperidine rings is 1. The van der Waals surface area contributed by atoms with Crippen LogP contribution in [0.4, 0.5) is 10.3 Å². The van der Waals surface area contributed by atoms with Crippen LogP contribution in [0.25, 0.3) is 22.3 Å². The Kier molecular flexibility index (Phi) is 6.82. The number of imidazole rings is 1. The first-order valence-electron chi connectivity index (χ1n) is 12.4. The standard InChI is InChI=1S/C25H32ClFN6O2S/c1-14(2)33-20-12-15(11-19(27)22(20)30-23(33)25(3,4)34)21-18(26)13-28-24(31-21)29-16-7-9-32(10-8-16)36(35)17-5-6-17/h11-14,16-17,34H,5-10H2,1-4H3,(H,28,29,31). The minimum absolute atomic E-state index is 0.0516. The summed E-state index contributed by atoms with van der Waals surface area (Å²) in [4.78, 5) is 13.4. The van der Waals surface area contributed by atoms with E-state index in [-0.39, 0.29) is 17.6 Å². The Bertz CT molecular complexity index is 1310. The van der Waals surface area contributed by atoms with E-state index in [1.54, 1.807) is 13.8 Å². The summed E-state index contributed by atoms with van der Waals surface area (Å²) in [6.45, 7) is 8.74. The van der Waals surface area contributed by atoms with Gasteiger partial charge in [-0.1, -0.05) is 11.6 Å². The van der Waals surface area contributed by atoms with E-state index < -0.39 is 22.4 Å². The van der Waals surface area contributed by atoms with Gasteiger partial charge in [0.15, 0.2) is 5.82 Å². The van der Waals surface area contributed by atoms with Gasteiger partial charge in [-0.15, -0.1) is 0 Å². The van der Waals surface area contributed by atoms with E-state index in [9.17, 15) is 9.32 Å². The molecule has 8 nitrogen and oxygen atoms in total. The van der Waals surface area contributed by atoms with Crippen molar-refractivity contribution in [3.63, 3.8) is 0 Å². The molecule has 1 unspecified atom stereocenters. The molecule has 1 atom stereocenters. The molecule has 1 saturated carbocycles. The number of benzene rings is 1. The number of fused-ring (bicyclic) bond motifs is 1. The Hall–Kier alpha value is -2.14. The lowest BCUT2D eigenvalue weighted by Crippen LogP contribution is -2.41. The Balaban J connectivity index is 1.42. The second-order valence-corrected chi connectivity index (χ2v) is 12.6. The minimum atomic E-state index is -1.24. The van der Waals surface area contributed by atoms with Crippen LogP contribution in [-0.4, -0.2) is 57.5 Å². The maximum Gasteiger partial charge on any atom is 0.223 e. The molecule has 1 aromatic carbocycles. The third-order valence-corrected chi connectivity index (χ3v) is 8.87. The zero-order chi connectivity index (χ0) is 25.8. The molecule has 3 heterocycles. The van der Waals surface area contributed by atoms with E-state index in [2.05, 4.69) is 24.6 Å². The Morgan fingerprint density at radius 1 is 1.19 bits per heavy atom. The van der Waals surface area contributed by atoms with Gasteiger partial charge in [0.25, 0.3) is 0 Å². The molecule has 2 aliphatic rings. The van der Waals surface area contributed by atoms with Gasteiger partial charge in [0.05, 0.1) is 33.4 Å². The van der Waals surface area contributed by atoms with E-state index in [0.29, 0.717) is 38.8 Å². The third kappa shape index (κ3) is 5.01. The molecule has 1 aliphatic heterocycles. The van der Waals surface area contributed by atoms with Crippen molar-refractivity contribution in [2.75, 3.05) is 18.4 Å². The first kappa shape index (κ1) is 25.5. The zero-order valence-corrected chi connectivity index (χ0v) is 22.5. The summed E-state index contributed by atoms with van der Waals surface area (Å²) in [6, 6.07) is 3.29. The number of anilines is 1. The van der Waals surface area contributed by atoms with Crippen molar-refractivity contribution in [2.24, 2.45) is 0 Å². The number of nitrogens with one attached hydrogen (secondary N) is 1. The second-order valence-electron chi connectivity index (χ2n) is 10.5. The van der Waals surface area contributed by atoms with Gasteiger partial charge < -0.3 is 15.0 Å². The summed E-state index contributed by atoms with van der Waals surface area (Å²) in [5.41, 5.74) is 0.457. The van der Waals surface area contributed by atoms with Gasteiger partial charge in [0.2, 0.25) is 5.95 Å². The quantitative estimate of drug-likeness (QED) is 0.452. The van der Waals surface area contributed by atoms with E-state index in [4.69, 9.17) is 11.6 Å². The lowest BCUT2D eigenvalue weighted by Gasteiger charge is -2.31. The molecule has 2 N–H and O–H groups in total. The molecular weight excluding hydrogens is 503 g/mol. The van der Waals surface area contributed by atoms with Crippen molar-refractivity contribution >= 4 is 39.6 Å². The van der Waals surface area contributed by atoms with Crippen LogP contribution in [-0.2, 0) is 16.6 Å². The van der Waals surface area contributed by atoms with E-state index in [0.717, 1.165) is 38.8 Å². The summed E-state index contributed by atoms with van der Waals surface area (Å²) < 4.78 is 31.6. The van der Waals surface area contributed by atoms with Crippen LogP contribution >= 0.6 is 11.6 Å². The molecule has 0 radical (unpaired) electrons. The molecule has 0 bridgehead atoms. The molecular formula is C25H32ClFN6O2S. The molecule has 1 saturated heterocycles. The fraction of sp³-hybridized carbons (Fsp3) is 0.560. The number of aromatic nitrogens is 4. The maximum absolute atomic E-state index is 15.3. The van der Waals surface area contributed by atoms with Gasteiger partial charge in [-0.05, 0) is 65.5 Å². The maximum atomic E-state index is 15.3. The van der Waals surface area contributed by atoms with Gasteiger partial charge in [0.1, 0.15) is 16.9 Å². The molecule has 0 spiro atoms. The third-order valence-electron chi connectivity index (χ3n) is 6.68. The van der Waals surface area contributed by atoms with Crippen molar-refractivity contribution in [3.05, 3.63) is 35.0 Å². The fourth-order valence-electron chi connectivity index (χ4n) is 4.73. The van der Waals surface area contributed by atoms with E-state index >= 15 is 4.39 Å². The highest BCUT2D eigenvalue weighted by molar-refractivity contribution is 7.83. The molecule has 5 rings (SSSR count). The molecule has 194 valence electrons. The molecule has 0 amide bonds. The number of aliphatic hydroxyl groups is 1. The number of hydrogen-bond donors (Lipinski definition) is 2. The van der Waals surface area contributed by atoms with E-state index in [1.165, 1.54) is 12.3 Å². The smallest absolute Gasteiger partial charge is 0.223 e. The minimum Gasteiger partial charge on any atom is -0.383 e. The predicted octanol–water partition coefficient (Wildman–Crippen LogP) is 4.80. The first-order chi connectivity index (χ1) is 17.0. The van der Waals surface area contributed by atoms with Crippen LogP contribution in [0.3, 0.4) is 0 Å². The van der Waals surface area contributed by atoms with Crippen molar-refractivity contribution in [2.45, 2.75) is 76.3 Å². The van der Waals surface area contributed by atoms with Gasteiger partial charge in [0, 0.05) is 36.0 Å². The number of halogens is 2. The summed E-state index contributed by atoms with van der Waals surface area (Å²) in [5, 5.41) is 14.7. The average molecular weight is 535 g/mol. The van der Waals surface area contributed by atoms with Gasteiger partial charge in [-0.3, -0.25) is 0 Å². The summed E-state index contributed by atoms with van der Waals surface area (Å²) in [5.74, 6) is 0.312. The molecule has 36 heavy (non-hydrogen) atoms. The summed E-state index contributed by atoms with van der Waals surface area (Å²) in [7, 11) is -0.865. The first-order valence-corrected chi connectivity index (χ1v) is 14.0. The Morgan fingerprint density at radius 2 is 1.89 bits per heavy atom. The van der Waals surface area contributed by atoms with E-state index in [1.807, 2.05) is 24.5 Å². The average Bonchev–Trinajstić information content (AvgIpc) is 3.58. The van der Waals surface area contributed by atoms with Gasteiger partial charge in [-0.25, -0.2) is 27.9 Å². The number of hydrogen-bond acceptors (Lipinski definition) is 6. The largest absolute Gasteiger partial charge is 0.383 e. The van der Waals surface area contributed by atoms with Gasteiger partial charge in [-0.2, -0.15) is 0 Å². The van der Waals surface area contributed by atoms with Crippen LogP contribution in [0, 0.1) is 5.82 Å². The van der Waals surface area contributed by atoms with Crippen LogP contribution in [0.2, 0.25) is 5.02 Å². The van der Waals surface area contributed by atoms with Crippen molar-refractivity contribution < 1.29 is 13.7 Å². The highest BCUT2D eigenvalue weighted by Crippen LogP contribution is 2.35. The molecule has 2 aromatic heterocycles. The highest BCUT2D eigenvalue weighted by atomic mass is 35.5.